The molecule has 0 atom stereocenters. The summed E-state index contributed by atoms with van der Waals surface area (Å²) in [5, 5.41) is 2.33. The van der Waals surface area contributed by atoms with E-state index in [2.05, 4.69) is 10.3 Å². The number of fused-ring (bicyclic) bond motifs is 1. The van der Waals surface area contributed by atoms with Crippen molar-refractivity contribution in [1.29, 1.82) is 0 Å². The molecule has 0 unspecified atom stereocenters. The number of amides is 1. The highest BCUT2D eigenvalue weighted by Gasteiger charge is 2.15. The van der Waals surface area contributed by atoms with Crippen LogP contribution in [0.1, 0.15) is 10.5 Å². The van der Waals surface area contributed by atoms with E-state index >= 15 is 0 Å². The molecule has 0 bridgehead atoms. The molecule has 0 aliphatic rings. The summed E-state index contributed by atoms with van der Waals surface area (Å²) in [6.45, 7) is 0. The van der Waals surface area contributed by atoms with Crippen molar-refractivity contribution in [3.05, 3.63) is 78.6 Å². The Morgan fingerprint density at radius 1 is 1.08 bits per heavy atom. The van der Waals surface area contributed by atoms with Crippen LogP contribution in [0.4, 0.5) is 14.5 Å². The molecule has 0 saturated carbocycles. The number of benzene rings is 1. The van der Waals surface area contributed by atoms with Gasteiger partial charge in [-0.15, -0.1) is 0 Å². The number of carbonyl (C=O) groups excluding carboxylic acids is 1. The minimum atomic E-state index is -1.11. The van der Waals surface area contributed by atoms with Gasteiger partial charge in [0, 0.05) is 23.5 Å². The van der Waals surface area contributed by atoms with E-state index in [1.807, 2.05) is 12.1 Å². The molecule has 25 heavy (non-hydrogen) atoms. The van der Waals surface area contributed by atoms with Crippen LogP contribution < -0.4 is 5.32 Å². The van der Waals surface area contributed by atoms with E-state index in [1.54, 1.807) is 29.2 Å². The quantitative estimate of drug-likeness (QED) is 0.611. The van der Waals surface area contributed by atoms with Crippen LogP contribution in [0.25, 0.3) is 16.8 Å². The molecule has 0 fully saturated rings. The second-order valence-electron chi connectivity index (χ2n) is 5.38. The summed E-state index contributed by atoms with van der Waals surface area (Å²) in [6, 6.07) is 8.99. The van der Waals surface area contributed by atoms with Crippen molar-refractivity contribution in [3.63, 3.8) is 0 Å². The largest absolute Gasteiger partial charge is 0.472 e. The molecule has 0 aliphatic carbocycles. The van der Waals surface area contributed by atoms with Crippen LogP contribution in [0.15, 0.2) is 65.7 Å². The van der Waals surface area contributed by atoms with Crippen LogP contribution in [0.2, 0.25) is 0 Å². The molecule has 1 N–H and O–H groups in total. The molecule has 0 spiro atoms. The molecule has 3 aromatic heterocycles. The second kappa shape index (κ2) is 5.86. The maximum atomic E-state index is 13.7. The fourth-order valence-electron chi connectivity index (χ4n) is 2.49. The molecule has 5 nitrogen and oxygen atoms in total. The van der Waals surface area contributed by atoms with Gasteiger partial charge in [0.25, 0.3) is 5.91 Å². The third-order valence-electron chi connectivity index (χ3n) is 3.74. The Hall–Kier alpha value is -3.48. The van der Waals surface area contributed by atoms with Gasteiger partial charge >= 0.3 is 0 Å². The highest BCUT2D eigenvalue weighted by molar-refractivity contribution is 6.03. The smallest absolute Gasteiger partial charge is 0.275 e. The zero-order valence-electron chi connectivity index (χ0n) is 12.7. The Balaban J connectivity index is 1.65. The lowest BCUT2D eigenvalue weighted by molar-refractivity contribution is 0.102. The Morgan fingerprint density at radius 3 is 2.76 bits per heavy atom. The molecule has 4 rings (SSSR count). The summed E-state index contributed by atoms with van der Waals surface area (Å²) in [5.41, 5.74) is 2.19. The van der Waals surface area contributed by atoms with E-state index in [1.165, 1.54) is 18.3 Å². The van der Waals surface area contributed by atoms with Crippen molar-refractivity contribution >= 4 is 17.2 Å². The monoisotopic (exact) mass is 339 g/mol. The summed E-state index contributed by atoms with van der Waals surface area (Å²) in [4.78, 5) is 16.5. The van der Waals surface area contributed by atoms with Crippen LogP contribution in [-0.2, 0) is 0 Å². The maximum absolute atomic E-state index is 13.7. The molecule has 0 radical (unpaired) electrons. The SMILES string of the molecule is O=C(Nc1cccc(F)c1F)c1cn2cc(-c3ccoc3)ccc2n1. The molecule has 124 valence electrons. The van der Waals surface area contributed by atoms with Crippen molar-refractivity contribution < 1.29 is 18.0 Å². The first-order valence-electron chi connectivity index (χ1n) is 7.38. The van der Waals surface area contributed by atoms with Gasteiger partial charge in [0.1, 0.15) is 11.3 Å². The molecular weight excluding hydrogens is 328 g/mol. The van der Waals surface area contributed by atoms with Crippen LogP contribution in [0.5, 0.6) is 0 Å². The number of pyridine rings is 1. The normalized spacial score (nSPS) is 11.0. The zero-order valence-corrected chi connectivity index (χ0v) is 12.7. The van der Waals surface area contributed by atoms with Crippen molar-refractivity contribution in [1.82, 2.24) is 9.38 Å². The van der Waals surface area contributed by atoms with Gasteiger partial charge in [-0.1, -0.05) is 6.07 Å². The van der Waals surface area contributed by atoms with Crippen LogP contribution in [0.3, 0.4) is 0 Å². The zero-order chi connectivity index (χ0) is 17.4. The lowest BCUT2D eigenvalue weighted by Crippen LogP contribution is -2.13. The molecule has 4 aromatic rings. The van der Waals surface area contributed by atoms with Gasteiger partial charge in [-0.2, -0.15) is 0 Å². The summed E-state index contributed by atoms with van der Waals surface area (Å²) in [7, 11) is 0. The van der Waals surface area contributed by atoms with Crippen LogP contribution in [-0.4, -0.2) is 15.3 Å². The first-order valence-corrected chi connectivity index (χ1v) is 7.38. The summed E-state index contributed by atoms with van der Waals surface area (Å²) in [6.07, 6.45) is 6.50. The number of hydrogen-bond donors (Lipinski definition) is 1. The van der Waals surface area contributed by atoms with Crippen LogP contribution in [0, 0.1) is 11.6 Å². The molecule has 0 aliphatic heterocycles. The Kier molecular flexibility index (Phi) is 3.53. The molecule has 1 aromatic carbocycles. The minimum Gasteiger partial charge on any atom is -0.472 e. The van der Waals surface area contributed by atoms with Gasteiger partial charge < -0.3 is 14.1 Å². The molecule has 7 heteroatoms. The molecule has 0 saturated heterocycles. The standard InChI is InChI=1S/C18H11F2N3O2/c19-13-2-1-3-14(17(13)20)22-18(24)15-9-23-8-11(4-5-16(23)21-15)12-6-7-25-10-12/h1-10H,(H,22,24). The predicted molar refractivity (Wildman–Crippen MR) is 87.2 cm³/mol. The third-order valence-corrected chi connectivity index (χ3v) is 3.74. The van der Waals surface area contributed by atoms with E-state index < -0.39 is 17.5 Å². The number of carbonyl (C=O) groups is 1. The van der Waals surface area contributed by atoms with Gasteiger partial charge in [0.05, 0.1) is 18.2 Å². The van der Waals surface area contributed by atoms with Crippen molar-refractivity contribution in [2.75, 3.05) is 5.32 Å². The number of hydrogen-bond acceptors (Lipinski definition) is 3. The average molecular weight is 339 g/mol. The third kappa shape index (κ3) is 2.76. The molecule has 1 amide bonds. The van der Waals surface area contributed by atoms with E-state index in [-0.39, 0.29) is 11.4 Å². The molecule has 3 heterocycles. The fourth-order valence-corrected chi connectivity index (χ4v) is 2.49. The minimum absolute atomic E-state index is 0.0907. The first kappa shape index (κ1) is 15.1. The number of nitrogens with zero attached hydrogens (tertiary/aromatic N) is 2. The number of aromatic nitrogens is 2. The first-order chi connectivity index (χ1) is 12.1. The number of halogens is 2. The Labute approximate surface area is 140 Å². The maximum Gasteiger partial charge on any atom is 0.275 e. The Morgan fingerprint density at radius 2 is 1.96 bits per heavy atom. The summed E-state index contributed by atoms with van der Waals surface area (Å²) >= 11 is 0. The number of furan rings is 1. The topological polar surface area (TPSA) is 59.5 Å². The predicted octanol–water partition coefficient (Wildman–Crippen LogP) is 4.12. The van der Waals surface area contributed by atoms with E-state index in [0.717, 1.165) is 17.2 Å². The van der Waals surface area contributed by atoms with Gasteiger partial charge in [0.2, 0.25) is 0 Å². The van der Waals surface area contributed by atoms with Crippen molar-refractivity contribution in [2.24, 2.45) is 0 Å². The van der Waals surface area contributed by atoms with E-state index in [4.69, 9.17) is 4.42 Å². The summed E-state index contributed by atoms with van der Waals surface area (Å²) < 4.78 is 33.6. The van der Waals surface area contributed by atoms with Gasteiger partial charge in [0.15, 0.2) is 11.6 Å². The number of rotatable bonds is 3. The Bertz CT molecular complexity index is 1070. The van der Waals surface area contributed by atoms with E-state index in [9.17, 15) is 13.6 Å². The fraction of sp³-hybridized carbons (Fsp3) is 0. The van der Waals surface area contributed by atoms with Gasteiger partial charge in [-0.05, 0) is 30.3 Å². The van der Waals surface area contributed by atoms with Crippen LogP contribution >= 0.6 is 0 Å². The lowest BCUT2D eigenvalue weighted by Gasteiger charge is -2.04. The van der Waals surface area contributed by atoms with Gasteiger partial charge in [-0.25, -0.2) is 13.8 Å². The highest BCUT2D eigenvalue weighted by atomic mass is 19.2. The lowest BCUT2D eigenvalue weighted by atomic mass is 10.1. The highest BCUT2D eigenvalue weighted by Crippen LogP contribution is 2.21. The van der Waals surface area contributed by atoms with Gasteiger partial charge in [-0.3, -0.25) is 4.79 Å². The van der Waals surface area contributed by atoms with E-state index in [0.29, 0.717) is 5.65 Å². The average Bonchev–Trinajstić information content (AvgIpc) is 3.27. The number of nitrogens with one attached hydrogen (secondary N) is 1. The number of imidazole rings is 1. The van der Waals surface area contributed by atoms with Crippen molar-refractivity contribution in [2.45, 2.75) is 0 Å². The molecular formula is C18H11F2N3O2. The van der Waals surface area contributed by atoms with Crippen molar-refractivity contribution in [3.8, 4) is 11.1 Å². The second-order valence-corrected chi connectivity index (χ2v) is 5.38. The summed E-state index contributed by atoms with van der Waals surface area (Å²) in [5.74, 6) is -2.77. The number of anilines is 1.